The summed E-state index contributed by atoms with van der Waals surface area (Å²) in [6.45, 7) is 5.75. The van der Waals surface area contributed by atoms with Crippen LogP contribution in [0.15, 0.2) is 30.6 Å². The van der Waals surface area contributed by atoms with Gasteiger partial charge in [-0.15, -0.1) is 0 Å². The lowest BCUT2D eigenvalue weighted by molar-refractivity contribution is 0.156. The number of aliphatic hydroxyl groups is 1. The highest BCUT2D eigenvalue weighted by Crippen LogP contribution is 2.11. The fourth-order valence-electron chi connectivity index (χ4n) is 1.66. The van der Waals surface area contributed by atoms with Gasteiger partial charge in [0.25, 0.3) is 0 Å². The Balaban J connectivity index is 1.95. The van der Waals surface area contributed by atoms with Crippen LogP contribution in [0.4, 0.5) is 0 Å². The minimum absolute atomic E-state index is 0.0842. The van der Waals surface area contributed by atoms with Gasteiger partial charge in [-0.3, -0.25) is 0 Å². The standard InChI is InChI=1S/C13H19N3O/c1-13(2,10-17)9-14-7-11-8-16-6-4-3-5-12(16)15-11/h3-6,8,14,17H,7,9-10H2,1-2H3. The molecular formula is C13H19N3O. The Labute approximate surface area is 101 Å². The summed E-state index contributed by atoms with van der Waals surface area (Å²) in [4.78, 5) is 4.50. The van der Waals surface area contributed by atoms with E-state index in [0.717, 1.165) is 24.4 Å². The van der Waals surface area contributed by atoms with Crippen molar-refractivity contribution >= 4 is 5.65 Å². The molecule has 2 aromatic rings. The molecule has 0 aliphatic heterocycles. The maximum atomic E-state index is 9.15. The van der Waals surface area contributed by atoms with Gasteiger partial charge in [0.15, 0.2) is 0 Å². The molecule has 2 heterocycles. The number of imidazole rings is 1. The van der Waals surface area contributed by atoms with E-state index < -0.39 is 0 Å². The molecule has 0 unspecified atom stereocenters. The third kappa shape index (κ3) is 3.05. The van der Waals surface area contributed by atoms with Crippen LogP contribution in [-0.2, 0) is 6.54 Å². The van der Waals surface area contributed by atoms with Crippen molar-refractivity contribution in [1.29, 1.82) is 0 Å². The van der Waals surface area contributed by atoms with E-state index in [-0.39, 0.29) is 12.0 Å². The van der Waals surface area contributed by atoms with E-state index in [1.807, 2.05) is 48.8 Å². The lowest BCUT2D eigenvalue weighted by Crippen LogP contribution is -2.31. The number of hydrogen-bond acceptors (Lipinski definition) is 3. The van der Waals surface area contributed by atoms with Gasteiger partial charge in [0.2, 0.25) is 0 Å². The maximum absolute atomic E-state index is 9.15. The van der Waals surface area contributed by atoms with Gasteiger partial charge in [0.05, 0.1) is 5.69 Å². The molecule has 0 spiro atoms. The fraction of sp³-hybridized carbons (Fsp3) is 0.462. The molecule has 2 N–H and O–H groups in total. The van der Waals surface area contributed by atoms with Crippen LogP contribution in [0.25, 0.3) is 5.65 Å². The van der Waals surface area contributed by atoms with Crippen molar-refractivity contribution in [3.8, 4) is 0 Å². The molecule has 0 radical (unpaired) electrons. The third-order valence-corrected chi connectivity index (χ3v) is 2.75. The normalized spacial score (nSPS) is 12.2. The monoisotopic (exact) mass is 233 g/mol. The molecule has 4 nitrogen and oxygen atoms in total. The molecule has 0 fully saturated rings. The number of hydrogen-bond donors (Lipinski definition) is 2. The lowest BCUT2D eigenvalue weighted by Gasteiger charge is -2.21. The first-order valence-electron chi connectivity index (χ1n) is 5.85. The Bertz CT molecular complexity index is 457. The number of pyridine rings is 1. The van der Waals surface area contributed by atoms with Crippen LogP contribution < -0.4 is 5.32 Å². The largest absolute Gasteiger partial charge is 0.396 e. The van der Waals surface area contributed by atoms with E-state index in [1.54, 1.807) is 0 Å². The van der Waals surface area contributed by atoms with Crippen molar-refractivity contribution in [1.82, 2.24) is 14.7 Å². The Morgan fingerprint density at radius 2 is 2.24 bits per heavy atom. The van der Waals surface area contributed by atoms with Gasteiger partial charge in [-0.25, -0.2) is 4.98 Å². The number of nitrogens with zero attached hydrogens (tertiary/aromatic N) is 2. The third-order valence-electron chi connectivity index (χ3n) is 2.75. The first-order chi connectivity index (χ1) is 8.11. The predicted octanol–water partition coefficient (Wildman–Crippen LogP) is 1.44. The van der Waals surface area contributed by atoms with E-state index in [9.17, 15) is 0 Å². The van der Waals surface area contributed by atoms with Crippen molar-refractivity contribution < 1.29 is 5.11 Å². The summed E-state index contributed by atoms with van der Waals surface area (Å²) < 4.78 is 2.01. The molecule has 92 valence electrons. The molecule has 0 atom stereocenters. The maximum Gasteiger partial charge on any atom is 0.137 e. The van der Waals surface area contributed by atoms with Crippen molar-refractivity contribution in [2.75, 3.05) is 13.2 Å². The summed E-state index contributed by atoms with van der Waals surface area (Å²) in [6.07, 6.45) is 4.01. The lowest BCUT2D eigenvalue weighted by atomic mass is 9.95. The highest BCUT2D eigenvalue weighted by Gasteiger charge is 2.15. The molecule has 2 aromatic heterocycles. The van der Waals surface area contributed by atoms with Crippen LogP contribution in [-0.4, -0.2) is 27.6 Å². The van der Waals surface area contributed by atoms with E-state index >= 15 is 0 Å². The molecule has 0 bridgehead atoms. The summed E-state index contributed by atoms with van der Waals surface area (Å²) in [6, 6.07) is 5.95. The zero-order valence-corrected chi connectivity index (χ0v) is 10.3. The van der Waals surface area contributed by atoms with Crippen LogP contribution >= 0.6 is 0 Å². The number of rotatable bonds is 5. The predicted molar refractivity (Wildman–Crippen MR) is 67.8 cm³/mol. The van der Waals surface area contributed by atoms with Crippen LogP contribution in [0.2, 0.25) is 0 Å². The Kier molecular flexibility index (Phi) is 3.45. The highest BCUT2D eigenvalue weighted by atomic mass is 16.3. The van der Waals surface area contributed by atoms with Gasteiger partial charge in [0.1, 0.15) is 5.65 Å². The quantitative estimate of drug-likeness (QED) is 0.821. The molecular weight excluding hydrogens is 214 g/mol. The van der Waals surface area contributed by atoms with Gasteiger partial charge in [-0.2, -0.15) is 0 Å². The molecule has 0 aromatic carbocycles. The van der Waals surface area contributed by atoms with E-state index in [0.29, 0.717) is 0 Å². The average molecular weight is 233 g/mol. The molecule has 2 rings (SSSR count). The summed E-state index contributed by atoms with van der Waals surface area (Å²) in [5, 5.41) is 12.5. The molecule has 0 aliphatic rings. The minimum Gasteiger partial charge on any atom is -0.396 e. The average Bonchev–Trinajstić information content (AvgIpc) is 2.71. The van der Waals surface area contributed by atoms with Crippen molar-refractivity contribution in [2.24, 2.45) is 5.41 Å². The zero-order valence-electron chi connectivity index (χ0n) is 10.3. The number of aliphatic hydroxyl groups excluding tert-OH is 1. The topological polar surface area (TPSA) is 49.6 Å². The minimum atomic E-state index is -0.0842. The summed E-state index contributed by atoms with van der Waals surface area (Å²) >= 11 is 0. The Morgan fingerprint density at radius 1 is 1.41 bits per heavy atom. The number of nitrogens with one attached hydrogen (secondary N) is 1. The van der Waals surface area contributed by atoms with Crippen molar-refractivity contribution in [3.05, 3.63) is 36.3 Å². The SMILES string of the molecule is CC(C)(CO)CNCc1cn2ccccc2n1. The van der Waals surface area contributed by atoms with Gasteiger partial charge in [0, 0.05) is 37.5 Å². The summed E-state index contributed by atoms with van der Waals surface area (Å²) in [5.41, 5.74) is 1.90. The van der Waals surface area contributed by atoms with Gasteiger partial charge < -0.3 is 14.8 Å². The van der Waals surface area contributed by atoms with Crippen molar-refractivity contribution in [3.63, 3.8) is 0 Å². The fourth-order valence-corrected chi connectivity index (χ4v) is 1.66. The van der Waals surface area contributed by atoms with Gasteiger partial charge >= 0.3 is 0 Å². The molecule has 17 heavy (non-hydrogen) atoms. The molecule has 0 saturated carbocycles. The second-order valence-corrected chi connectivity index (χ2v) is 5.12. The second kappa shape index (κ2) is 4.85. The van der Waals surface area contributed by atoms with E-state index in [4.69, 9.17) is 5.11 Å². The molecule has 0 amide bonds. The molecule has 0 aliphatic carbocycles. The Hall–Kier alpha value is -1.39. The molecule has 0 saturated heterocycles. The second-order valence-electron chi connectivity index (χ2n) is 5.12. The zero-order chi connectivity index (χ0) is 12.3. The van der Waals surface area contributed by atoms with E-state index in [2.05, 4.69) is 10.3 Å². The van der Waals surface area contributed by atoms with Gasteiger partial charge in [-0.05, 0) is 12.1 Å². The van der Waals surface area contributed by atoms with E-state index in [1.165, 1.54) is 0 Å². The molecule has 4 heteroatoms. The van der Waals surface area contributed by atoms with Crippen LogP contribution in [0.3, 0.4) is 0 Å². The summed E-state index contributed by atoms with van der Waals surface area (Å²) in [5.74, 6) is 0. The highest BCUT2D eigenvalue weighted by molar-refractivity contribution is 5.39. The van der Waals surface area contributed by atoms with Crippen LogP contribution in [0, 0.1) is 5.41 Å². The van der Waals surface area contributed by atoms with Gasteiger partial charge in [-0.1, -0.05) is 19.9 Å². The van der Waals surface area contributed by atoms with Crippen LogP contribution in [0.1, 0.15) is 19.5 Å². The smallest absolute Gasteiger partial charge is 0.137 e. The summed E-state index contributed by atoms with van der Waals surface area (Å²) in [7, 11) is 0. The number of aromatic nitrogens is 2. The van der Waals surface area contributed by atoms with Crippen molar-refractivity contribution in [2.45, 2.75) is 20.4 Å². The van der Waals surface area contributed by atoms with Crippen LogP contribution in [0.5, 0.6) is 0 Å². The first kappa shape index (κ1) is 12.1. The Morgan fingerprint density at radius 3 is 2.94 bits per heavy atom. The number of fused-ring (bicyclic) bond motifs is 1. The first-order valence-corrected chi connectivity index (χ1v) is 5.85.